The average molecular weight is 273 g/mol. The van der Waals surface area contributed by atoms with E-state index in [4.69, 9.17) is 28.9 Å². The number of nitrogens with zero attached hydrogens (tertiary/aromatic N) is 1. The summed E-state index contributed by atoms with van der Waals surface area (Å²) in [5, 5.41) is 9.74. The Hall–Kier alpha value is -1.52. The molecule has 0 fully saturated rings. The van der Waals surface area contributed by atoms with Crippen LogP contribution in [0.25, 0.3) is 11.3 Å². The highest BCUT2D eigenvalue weighted by Crippen LogP contribution is 2.33. The largest absolute Gasteiger partial charge is 0.503 e. The summed E-state index contributed by atoms with van der Waals surface area (Å²) in [6, 6.07) is 5.37. The third-order valence-corrected chi connectivity index (χ3v) is 2.70. The molecule has 3 nitrogen and oxygen atoms in total. The van der Waals surface area contributed by atoms with Crippen molar-refractivity contribution in [1.29, 1.82) is 0 Å². The molecule has 0 bridgehead atoms. The van der Waals surface area contributed by atoms with Crippen molar-refractivity contribution in [2.75, 3.05) is 5.73 Å². The molecule has 17 heavy (non-hydrogen) atoms. The highest BCUT2D eigenvalue weighted by molar-refractivity contribution is 6.32. The van der Waals surface area contributed by atoms with Crippen molar-refractivity contribution in [1.82, 2.24) is 4.98 Å². The number of aromatic hydroxyl groups is 1. The van der Waals surface area contributed by atoms with Crippen LogP contribution in [0.1, 0.15) is 0 Å². The molecule has 0 aliphatic rings. The van der Waals surface area contributed by atoms with Gasteiger partial charge in [-0.05, 0) is 24.3 Å². The molecule has 0 amide bonds. The van der Waals surface area contributed by atoms with Gasteiger partial charge in [0.05, 0.1) is 10.7 Å². The lowest BCUT2D eigenvalue weighted by Gasteiger charge is -2.07. The Morgan fingerprint density at radius 2 is 1.94 bits per heavy atom. The van der Waals surface area contributed by atoms with Crippen LogP contribution in [0.2, 0.25) is 10.0 Å². The molecule has 1 heterocycles. The molecule has 0 saturated heterocycles. The lowest BCUT2D eigenvalue weighted by atomic mass is 10.1. The first kappa shape index (κ1) is 12.0. The van der Waals surface area contributed by atoms with Crippen LogP contribution in [-0.2, 0) is 0 Å². The van der Waals surface area contributed by atoms with Crippen LogP contribution in [0.15, 0.2) is 24.3 Å². The third-order valence-electron chi connectivity index (χ3n) is 2.18. The number of nitrogen functional groups attached to an aromatic ring is 1. The Bertz CT molecular complexity index is 567. The summed E-state index contributed by atoms with van der Waals surface area (Å²) < 4.78 is 13.6. The second kappa shape index (κ2) is 4.39. The summed E-state index contributed by atoms with van der Waals surface area (Å²) in [7, 11) is 0. The maximum Gasteiger partial charge on any atom is 0.176 e. The van der Waals surface area contributed by atoms with Gasteiger partial charge >= 0.3 is 0 Å². The van der Waals surface area contributed by atoms with E-state index in [0.29, 0.717) is 5.02 Å². The highest BCUT2D eigenvalue weighted by Gasteiger charge is 2.12. The number of hydrogen-bond acceptors (Lipinski definition) is 3. The van der Waals surface area contributed by atoms with Gasteiger partial charge in [0.25, 0.3) is 0 Å². The zero-order valence-corrected chi connectivity index (χ0v) is 9.93. The minimum Gasteiger partial charge on any atom is -0.503 e. The number of aromatic nitrogens is 1. The zero-order chi connectivity index (χ0) is 12.6. The van der Waals surface area contributed by atoms with E-state index in [1.807, 2.05) is 0 Å². The summed E-state index contributed by atoms with van der Waals surface area (Å²) in [6.07, 6.45) is 0. The van der Waals surface area contributed by atoms with Gasteiger partial charge < -0.3 is 10.8 Å². The smallest absolute Gasteiger partial charge is 0.176 e. The van der Waals surface area contributed by atoms with Gasteiger partial charge in [0.15, 0.2) is 11.6 Å². The van der Waals surface area contributed by atoms with Crippen molar-refractivity contribution in [3.63, 3.8) is 0 Å². The fourth-order valence-corrected chi connectivity index (χ4v) is 1.73. The maximum absolute atomic E-state index is 13.6. The number of halogens is 3. The molecule has 0 unspecified atom stereocenters. The van der Waals surface area contributed by atoms with E-state index in [1.54, 1.807) is 0 Å². The Labute approximate surface area is 107 Å². The molecule has 0 aliphatic carbocycles. The predicted molar refractivity (Wildman–Crippen MR) is 65.7 cm³/mol. The monoisotopic (exact) mass is 272 g/mol. The number of nitrogens with two attached hydrogens (primary N) is 1. The minimum absolute atomic E-state index is 0.00637. The second-order valence-electron chi connectivity index (χ2n) is 3.35. The number of rotatable bonds is 1. The van der Waals surface area contributed by atoms with Crippen LogP contribution in [0.4, 0.5) is 10.2 Å². The highest BCUT2D eigenvalue weighted by atomic mass is 35.5. The Morgan fingerprint density at radius 1 is 1.24 bits per heavy atom. The van der Waals surface area contributed by atoms with Gasteiger partial charge in [-0.1, -0.05) is 23.2 Å². The topological polar surface area (TPSA) is 59.1 Å². The van der Waals surface area contributed by atoms with E-state index in [9.17, 15) is 9.50 Å². The molecule has 2 aromatic rings. The van der Waals surface area contributed by atoms with E-state index in [2.05, 4.69) is 4.98 Å². The van der Waals surface area contributed by atoms with Crippen LogP contribution >= 0.6 is 23.2 Å². The van der Waals surface area contributed by atoms with E-state index < -0.39 is 5.82 Å². The van der Waals surface area contributed by atoms with Crippen molar-refractivity contribution in [2.45, 2.75) is 0 Å². The van der Waals surface area contributed by atoms with Crippen LogP contribution in [0, 0.1) is 5.82 Å². The molecule has 0 spiro atoms. The molecule has 0 aliphatic heterocycles. The van der Waals surface area contributed by atoms with Crippen molar-refractivity contribution in [3.8, 4) is 17.0 Å². The van der Waals surface area contributed by atoms with Gasteiger partial charge in [-0.2, -0.15) is 0 Å². The fraction of sp³-hybridized carbons (Fsp3) is 0. The van der Waals surface area contributed by atoms with Crippen LogP contribution < -0.4 is 5.73 Å². The fourth-order valence-electron chi connectivity index (χ4n) is 1.36. The normalized spacial score (nSPS) is 10.5. The van der Waals surface area contributed by atoms with Crippen LogP contribution in [0.3, 0.4) is 0 Å². The molecular formula is C11H7Cl2FN2O. The van der Waals surface area contributed by atoms with Gasteiger partial charge in [0.1, 0.15) is 5.82 Å². The third kappa shape index (κ3) is 2.28. The summed E-state index contributed by atoms with van der Waals surface area (Å²) in [4.78, 5) is 3.85. The predicted octanol–water partition coefficient (Wildman–Crippen LogP) is 3.48. The van der Waals surface area contributed by atoms with Gasteiger partial charge in [-0.3, -0.25) is 0 Å². The Morgan fingerprint density at radius 3 is 2.59 bits per heavy atom. The SMILES string of the molecule is Nc1nc(-c2cc(Cl)ccc2F)cc(Cl)c1O. The molecule has 0 saturated carbocycles. The lowest BCUT2D eigenvalue weighted by Crippen LogP contribution is -1.95. The zero-order valence-electron chi connectivity index (χ0n) is 8.42. The van der Waals surface area contributed by atoms with Gasteiger partial charge in [0.2, 0.25) is 0 Å². The number of anilines is 1. The van der Waals surface area contributed by atoms with Crippen molar-refractivity contribution in [3.05, 3.63) is 40.1 Å². The molecule has 88 valence electrons. The van der Waals surface area contributed by atoms with Crippen LogP contribution in [-0.4, -0.2) is 10.1 Å². The van der Waals surface area contributed by atoms with E-state index in [-0.39, 0.29) is 27.8 Å². The van der Waals surface area contributed by atoms with E-state index in [1.165, 1.54) is 24.3 Å². The molecule has 0 atom stereocenters. The maximum atomic E-state index is 13.6. The van der Waals surface area contributed by atoms with Crippen LogP contribution in [0.5, 0.6) is 5.75 Å². The lowest BCUT2D eigenvalue weighted by molar-refractivity contribution is 0.476. The molecular weight excluding hydrogens is 266 g/mol. The molecule has 6 heteroatoms. The number of pyridine rings is 1. The standard InChI is InChI=1S/C11H7Cl2FN2O/c12-5-1-2-8(14)6(3-5)9-4-7(13)10(17)11(15)16-9/h1-4,17H,(H2,15,16). The molecule has 1 aromatic heterocycles. The second-order valence-corrected chi connectivity index (χ2v) is 4.19. The molecule has 3 N–H and O–H groups in total. The average Bonchev–Trinajstić information content (AvgIpc) is 2.28. The summed E-state index contributed by atoms with van der Waals surface area (Å²) in [5.74, 6) is -0.979. The van der Waals surface area contributed by atoms with E-state index in [0.717, 1.165) is 0 Å². The summed E-state index contributed by atoms with van der Waals surface area (Å²) >= 11 is 11.5. The van der Waals surface area contributed by atoms with Gasteiger partial charge in [0, 0.05) is 10.6 Å². The van der Waals surface area contributed by atoms with Gasteiger partial charge in [-0.25, -0.2) is 9.37 Å². The molecule has 0 radical (unpaired) electrons. The first-order valence-corrected chi connectivity index (χ1v) is 5.35. The quantitative estimate of drug-likeness (QED) is 0.836. The Kier molecular flexibility index (Phi) is 3.09. The summed E-state index contributed by atoms with van der Waals surface area (Å²) in [5.41, 5.74) is 5.83. The van der Waals surface area contributed by atoms with Crippen molar-refractivity contribution in [2.24, 2.45) is 0 Å². The summed E-state index contributed by atoms with van der Waals surface area (Å²) in [6.45, 7) is 0. The molecule has 2 rings (SSSR count). The number of hydrogen-bond donors (Lipinski definition) is 2. The first-order valence-electron chi connectivity index (χ1n) is 4.59. The number of benzene rings is 1. The molecule has 1 aromatic carbocycles. The van der Waals surface area contributed by atoms with Gasteiger partial charge in [-0.15, -0.1) is 0 Å². The minimum atomic E-state index is -0.497. The van der Waals surface area contributed by atoms with Crippen molar-refractivity contribution >= 4 is 29.0 Å². The van der Waals surface area contributed by atoms with Crippen molar-refractivity contribution < 1.29 is 9.50 Å². The van der Waals surface area contributed by atoms with E-state index >= 15 is 0 Å². The first-order chi connectivity index (χ1) is 7.99. The Balaban J connectivity index is 2.64.